The van der Waals surface area contributed by atoms with Gasteiger partial charge in [-0.05, 0) is 33.6 Å². The highest BCUT2D eigenvalue weighted by Gasteiger charge is 2.56. The molecule has 4 heterocycles. The van der Waals surface area contributed by atoms with Gasteiger partial charge in [-0.25, -0.2) is 4.98 Å². The fourth-order valence-corrected chi connectivity index (χ4v) is 4.88. The average Bonchev–Trinajstić information content (AvgIpc) is 3.10. The van der Waals surface area contributed by atoms with Crippen molar-refractivity contribution in [1.82, 2.24) is 9.88 Å². The van der Waals surface area contributed by atoms with Crippen molar-refractivity contribution < 1.29 is 9.53 Å². The number of amides is 1. The Balaban J connectivity index is 1.49. The normalized spacial score (nSPS) is 30.4. The summed E-state index contributed by atoms with van der Waals surface area (Å²) in [6.45, 7) is 8.01. The number of carbonyl (C=O) groups is 1. The van der Waals surface area contributed by atoms with Gasteiger partial charge in [-0.2, -0.15) is 0 Å². The summed E-state index contributed by atoms with van der Waals surface area (Å²) in [6.07, 6.45) is 3.64. The lowest BCUT2D eigenvalue weighted by Gasteiger charge is -2.37. The van der Waals surface area contributed by atoms with Gasteiger partial charge < -0.3 is 14.5 Å². The van der Waals surface area contributed by atoms with Gasteiger partial charge in [-0.15, -0.1) is 11.3 Å². The molecule has 0 aliphatic carbocycles. The Morgan fingerprint density at radius 1 is 1.27 bits per heavy atom. The molecule has 0 radical (unpaired) electrons. The van der Waals surface area contributed by atoms with Crippen LogP contribution in [0.25, 0.3) is 0 Å². The Labute approximate surface area is 135 Å². The van der Waals surface area contributed by atoms with Gasteiger partial charge in [-0.1, -0.05) is 0 Å². The Morgan fingerprint density at radius 3 is 2.59 bits per heavy atom. The van der Waals surface area contributed by atoms with Crippen LogP contribution in [0.15, 0.2) is 0 Å². The van der Waals surface area contributed by atoms with E-state index in [2.05, 4.69) is 30.7 Å². The fourth-order valence-electron chi connectivity index (χ4n) is 3.92. The molecular weight excluding hydrogens is 298 g/mol. The number of hydrogen-bond donors (Lipinski definition) is 0. The number of ether oxygens (including phenoxy) is 1. The fraction of sp³-hybridized carbons (Fsp3) is 0.750. The molecule has 1 spiro atoms. The number of nitrogens with zero attached hydrogens (tertiary/aromatic N) is 3. The lowest BCUT2D eigenvalue weighted by Crippen LogP contribution is -2.51. The van der Waals surface area contributed by atoms with E-state index in [1.165, 1.54) is 4.88 Å². The summed E-state index contributed by atoms with van der Waals surface area (Å²) in [5, 5.41) is 1.09. The molecule has 6 heteroatoms. The van der Waals surface area contributed by atoms with E-state index in [0.717, 1.165) is 49.6 Å². The molecule has 120 valence electrons. The molecule has 0 N–H and O–H groups in total. The van der Waals surface area contributed by atoms with E-state index in [0.29, 0.717) is 6.04 Å². The first-order chi connectivity index (χ1) is 10.5. The molecule has 22 heavy (non-hydrogen) atoms. The summed E-state index contributed by atoms with van der Waals surface area (Å²) in [6, 6.07) is 0.333. The SMILES string of the molecule is Cc1nc(N2CCC3(CC2)O[C@@H]2CC[C@@H](C)N2C3=O)sc1C. The van der Waals surface area contributed by atoms with Crippen LogP contribution in [0.3, 0.4) is 0 Å². The first-order valence-electron chi connectivity index (χ1n) is 8.20. The smallest absolute Gasteiger partial charge is 0.257 e. The number of anilines is 1. The van der Waals surface area contributed by atoms with Crippen LogP contribution in [0.1, 0.15) is 43.2 Å². The summed E-state index contributed by atoms with van der Waals surface area (Å²) in [7, 11) is 0. The maximum absolute atomic E-state index is 12.8. The second-order valence-electron chi connectivity index (χ2n) is 6.83. The van der Waals surface area contributed by atoms with Crippen LogP contribution >= 0.6 is 11.3 Å². The van der Waals surface area contributed by atoms with Gasteiger partial charge in [0.05, 0.1) is 5.69 Å². The predicted octanol–water partition coefficient (Wildman–Crippen LogP) is 2.47. The van der Waals surface area contributed by atoms with Crippen molar-refractivity contribution in [3.8, 4) is 0 Å². The molecule has 3 aliphatic heterocycles. The lowest BCUT2D eigenvalue weighted by molar-refractivity contribution is -0.140. The van der Waals surface area contributed by atoms with Gasteiger partial charge >= 0.3 is 0 Å². The van der Waals surface area contributed by atoms with Crippen LogP contribution in [0, 0.1) is 13.8 Å². The summed E-state index contributed by atoms with van der Waals surface area (Å²) in [5.41, 5.74) is 0.556. The minimum Gasteiger partial charge on any atom is -0.348 e. The minimum atomic E-state index is -0.558. The molecule has 0 saturated carbocycles. The molecule has 3 aliphatic rings. The highest BCUT2D eigenvalue weighted by molar-refractivity contribution is 7.15. The van der Waals surface area contributed by atoms with E-state index in [-0.39, 0.29) is 12.1 Å². The molecule has 1 aromatic rings. The van der Waals surface area contributed by atoms with Gasteiger partial charge in [0.2, 0.25) is 0 Å². The van der Waals surface area contributed by atoms with Crippen LogP contribution in [0.5, 0.6) is 0 Å². The van der Waals surface area contributed by atoms with E-state index < -0.39 is 5.60 Å². The van der Waals surface area contributed by atoms with Crippen LogP contribution in [0.4, 0.5) is 5.13 Å². The Kier molecular flexibility index (Phi) is 3.24. The van der Waals surface area contributed by atoms with Gasteiger partial charge in [0, 0.05) is 36.9 Å². The lowest BCUT2D eigenvalue weighted by atomic mass is 9.90. The summed E-state index contributed by atoms with van der Waals surface area (Å²) in [5.74, 6) is 0.230. The first-order valence-corrected chi connectivity index (χ1v) is 9.01. The zero-order valence-electron chi connectivity index (χ0n) is 13.5. The highest BCUT2D eigenvalue weighted by atomic mass is 32.1. The number of piperidine rings is 1. The van der Waals surface area contributed by atoms with Crippen molar-refractivity contribution in [2.75, 3.05) is 18.0 Å². The standard InChI is InChI=1S/C16H23N3O2S/c1-10-4-5-13-19(10)14(20)16(21-13)6-8-18(9-7-16)15-17-11(2)12(3)22-15/h10,13H,4-9H2,1-3H3/t10-,13-/m1/s1. The van der Waals surface area contributed by atoms with Gasteiger partial charge in [0.1, 0.15) is 6.23 Å². The van der Waals surface area contributed by atoms with Crippen LogP contribution < -0.4 is 4.90 Å². The van der Waals surface area contributed by atoms with Crippen LogP contribution in [-0.4, -0.2) is 46.8 Å². The molecular formula is C16H23N3O2S. The van der Waals surface area contributed by atoms with Gasteiger partial charge in [-0.3, -0.25) is 4.79 Å². The van der Waals surface area contributed by atoms with Gasteiger partial charge in [0.25, 0.3) is 5.91 Å². The molecule has 4 rings (SSSR count). The molecule has 3 saturated heterocycles. The van der Waals surface area contributed by atoms with E-state index >= 15 is 0 Å². The third-order valence-corrected chi connectivity index (χ3v) is 6.59. The average molecular weight is 321 g/mol. The quantitative estimate of drug-likeness (QED) is 0.797. The topological polar surface area (TPSA) is 45.7 Å². The molecule has 0 unspecified atom stereocenters. The Bertz CT molecular complexity index is 587. The Morgan fingerprint density at radius 2 is 2.00 bits per heavy atom. The third kappa shape index (κ3) is 2.00. The van der Waals surface area contributed by atoms with E-state index in [4.69, 9.17) is 4.74 Å². The second-order valence-corrected chi connectivity index (χ2v) is 8.01. The summed E-state index contributed by atoms with van der Waals surface area (Å²) in [4.78, 5) is 23.1. The Hall–Kier alpha value is -1.14. The minimum absolute atomic E-state index is 0.0263. The number of thiazole rings is 1. The van der Waals surface area contributed by atoms with E-state index in [1.807, 2.05) is 4.90 Å². The zero-order chi connectivity index (χ0) is 15.5. The molecule has 1 aromatic heterocycles. The number of aromatic nitrogens is 1. The monoisotopic (exact) mass is 321 g/mol. The number of aryl methyl sites for hydroxylation is 2. The summed E-state index contributed by atoms with van der Waals surface area (Å²) >= 11 is 1.75. The largest absolute Gasteiger partial charge is 0.348 e. The maximum Gasteiger partial charge on any atom is 0.257 e. The van der Waals surface area contributed by atoms with E-state index in [9.17, 15) is 4.79 Å². The maximum atomic E-state index is 12.8. The first kappa shape index (κ1) is 14.5. The van der Waals surface area contributed by atoms with Crippen molar-refractivity contribution >= 4 is 22.4 Å². The zero-order valence-corrected chi connectivity index (χ0v) is 14.3. The van der Waals surface area contributed by atoms with Crippen LogP contribution in [-0.2, 0) is 9.53 Å². The number of carbonyl (C=O) groups excluding carboxylic acids is 1. The molecule has 1 amide bonds. The van der Waals surface area contributed by atoms with E-state index in [1.54, 1.807) is 11.3 Å². The van der Waals surface area contributed by atoms with Crippen molar-refractivity contribution in [3.63, 3.8) is 0 Å². The molecule has 0 bridgehead atoms. The number of rotatable bonds is 1. The van der Waals surface area contributed by atoms with Crippen molar-refractivity contribution in [2.24, 2.45) is 0 Å². The van der Waals surface area contributed by atoms with Crippen molar-refractivity contribution in [1.29, 1.82) is 0 Å². The molecule has 0 aromatic carbocycles. The molecule has 2 atom stereocenters. The predicted molar refractivity (Wildman–Crippen MR) is 86.2 cm³/mol. The molecule has 5 nitrogen and oxygen atoms in total. The molecule has 3 fully saturated rings. The van der Waals surface area contributed by atoms with Crippen molar-refractivity contribution in [3.05, 3.63) is 10.6 Å². The van der Waals surface area contributed by atoms with Crippen LogP contribution in [0.2, 0.25) is 0 Å². The highest BCUT2D eigenvalue weighted by Crippen LogP contribution is 2.43. The third-order valence-electron chi connectivity index (χ3n) is 5.46. The number of fused-ring (bicyclic) bond motifs is 1. The number of hydrogen-bond acceptors (Lipinski definition) is 5. The summed E-state index contributed by atoms with van der Waals surface area (Å²) < 4.78 is 6.24. The van der Waals surface area contributed by atoms with Gasteiger partial charge in [0.15, 0.2) is 10.7 Å². The van der Waals surface area contributed by atoms with Crippen molar-refractivity contribution in [2.45, 2.75) is 64.3 Å². The second kappa shape index (κ2) is 4.93.